The highest BCUT2D eigenvalue weighted by atomic mass is 79.9. The van der Waals surface area contributed by atoms with Crippen LogP contribution in [0.25, 0.3) is 0 Å². The lowest BCUT2D eigenvalue weighted by Gasteiger charge is -2.19. The summed E-state index contributed by atoms with van der Waals surface area (Å²) in [5.74, 6) is -0.451. The van der Waals surface area contributed by atoms with Gasteiger partial charge < -0.3 is 0 Å². The molecule has 0 saturated carbocycles. The lowest BCUT2D eigenvalue weighted by Crippen LogP contribution is -2.29. The fourth-order valence-corrected chi connectivity index (χ4v) is 4.13. The van der Waals surface area contributed by atoms with Crippen LogP contribution in [0, 0.1) is 5.82 Å². The van der Waals surface area contributed by atoms with Crippen LogP contribution in [0.1, 0.15) is 5.56 Å². The maximum Gasteiger partial charge on any atom is 0.281 e. The molecule has 0 aliphatic carbocycles. The van der Waals surface area contributed by atoms with Gasteiger partial charge in [0.25, 0.3) is 10.0 Å². The predicted molar refractivity (Wildman–Crippen MR) is 76.6 cm³/mol. The van der Waals surface area contributed by atoms with Gasteiger partial charge in [0.05, 0.1) is 5.69 Å². The van der Waals surface area contributed by atoms with Crippen molar-refractivity contribution in [3.63, 3.8) is 0 Å². The Kier molecular flexibility index (Phi) is 3.25. The lowest BCUT2D eigenvalue weighted by atomic mass is 10.2. The van der Waals surface area contributed by atoms with Crippen molar-refractivity contribution in [3.8, 4) is 0 Å². The average Bonchev–Trinajstić information content (AvgIpc) is 2.82. The van der Waals surface area contributed by atoms with Gasteiger partial charge in [-0.2, -0.15) is 8.42 Å². The number of aromatic nitrogens is 1. The first-order valence-corrected chi connectivity index (χ1v) is 8.15. The molecule has 104 valence electrons. The number of hydrogen-bond donors (Lipinski definition) is 0. The Morgan fingerprint density at radius 3 is 2.80 bits per heavy atom. The molecule has 3 rings (SSSR count). The molecule has 20 heavy (non-hydrogen) atoms. The molecule has 2 heterocycles. The molecule has 0 amide bonds. The Morgan fingerprint density at radius 1 is 1.25 bits per heavy atom. The minimum Gasteiger partial charge on any atom is -0.264 e. The van der Waals surface area contributed by atoms with Crippen LogP contribution in [0.5, 0.6) is 0 Å². The second-order valence-electron chi connectivity index (χ2n) is 4.40. The zero-order valence-electron chi connectivity index (χ0n) is 10.3. The van der Waals surface area contributed by atoms with Crippen LogP contribution in [0.3, 0.4) is 0 Å². The van der Waals surface area contributed by atoms with E-state index >= 15 is 0 Å². The summed E-state index contributed by atoms with van der Waals surface area (Å²) in [7, 11) is -3.77. The summed E-state index contributed by atoms with van der Waals surface area (Å²) >= 11 is 3.15. The summed E-state index contributed by atoms with van der Waals surface area (Å²) in [6.07, 6.45) is 0.572. The number of benzene rings is 1. The third-order valence-corrected chi connectivity index (χ3v) is 5.30. The first-order chi connectivity index (χ1) is 9.48. The first kappa shape index (κ1) is 13.5. The highest BCUT2D eigenvalue weighted by Crippen LogP contribution is 2.33. The van der Waals surface area contributed by atoms with Crippen LogP contribution in [0.2, 0.25) is 0 Å². The fraction of sp³-hybridized carbons (Fsp3) is 0.154. The predicted octanol–water partition coefficient (Wildman–Crippen LogP) is 2.73. The minimum absolute atomic E-state index is 0.0519. The van der Waals surface area contributed by atoms with E-state index in [-0.39, 0.29) is 5.03 Å². The number of halogens is 2. The van der Waals surface area contributed by atoms with Crippen molar-refractivity contribution >= 4 is 31.6 Å². The molecule has 0 N–H and O–H groups in total. The number of anilines is 1. The van der Waals surface area contributed by atoms with Gasteiger partial charge in [-0.05, 0) is 52.2 Å². The van der Waals surface area contributed by atoms with Crippen LogP contribution in [0.15, 0.2) is 46.0 Å². The molecule has 0 bridgehead atoms. The van der Waals surface area contributed by atoms with Gasteiger partial charge in [0.1, 0.15) is 10.4 Å². The summed E-state index contributed by atoms with van der Waals surface area (Å²) in [5, 5.41) is -0.0519. The maximum absolute atomic E-state index is 13.3. The molecule has 1 aromatic heterocycles. The second kappa shape index (κ2) is 4.82. The standard InChI is InChI=1S/C13H10BrFN2O2S/c14-12-2-1-3-13(16-12)20(18,19)17-7-6-9-4-5-10(15)8-11(9)17/h1-5,8H,6-7H2. The molecule has 2 aromatic rings. The topological polar surface area (TPSA) is 50.3 Å². The number of hydrogen-bond acceptors (Lipinski definition) is 3. The summed E-state index contributed by atoms with van der Waals surface area (Å²) in [4.78, 5) is 3.98. The van der Waals surface area contributed by atoms with Crippen molar-refractivity contribution in [2.24, 2.45) is 0 Å². The zero-order valence-corrected chi connectivity index (χ0v) is 12.7. The zero-order chi connectivity index (χ0) is 14.3. The Hall–Kier alpha value is -1.47. The van der Waals surface area contributed by atoms with Crippen molar-refractivity contribution in [1.82, 2.24) is 4.98 Å². The van der Waals surface area contributed by atoms with Crippen LogP contribution < -0.4 is 4.31 Å². The molecule has 0 atom stereocenters. The van der Waals surface area contributed by atoms with Gasteiger partial charge in [-0.15, -0.1) is 0 Å². The largest absolute Gasteiger partial charge is 0.281 e. The smallest absolute Gasteiger partial charge is 0.264 e. The molecule has 0 spiro atoms. The third kappa shape index (κ3) is 2.20. The molecular formula is C13H10BrFN2O2S. The van der Waals surface area contributed by atoms with Crippen molar-refractivity contribution in [1.29, 1.82) is 0 Å². The molecule has 1 aliphatic rings. The van der Waals surface area contributed by atoms with E-state index in [1.165, 1.54) is 22.5 Å². The molecule has 0 saturated heterocycles. The Balaban J connectivity index is 2.09. The lowest BCUT2D eigenvalue weighted by molar-refractivity contribution is 0.588. The summed E-state index contributed by atoms with van der Waals surface area (Å²) in [6.45, 7) is 0.301. The van der Waals surface area contributed by atoms with E-state index in [0.29, 0.717) is 23.3 Å². The van der Waals surface area contributed by atoms with Gasteiger partial charge in [0, 0.05) is 6.54 Å². The van der Waals surface area contributed by atoms with Gasteiger partial charge in [0.2, 0.25) is 0 Å². The minimum atomic E-state index is -3.77. The second-order valence-corrected chi connectivity index (χ2v) is 7.02. The molecule has 1 aliphatic heterocycles. The van der Waals surface area contributed by atoms with E-state index in [0.717, 1.165) is 5.56 Å². The number of sulfonamides is 1. The SMILES string of the molecule is O=S(=O)(c1cccc(Br)n1)N1CCc2ccc(F)cc21. The Labute approximate surface area is 124 Å². The number of rotatable bonds is 2. The van der Waals surface area contributed by atoms with Crippen LogP contribution in [0.4, 0.5) is 10.1 Å². The summed E-state index contributed by atoms with van der Waals surface area (Å²) in [5.41, 5.74) is 1.22. The fourth-order valence-electron chi connectivity index (χ4n) is 2.22. The van der Waals surface area contributed by atoms with E-state index in [1.54, 1.807) is 18.2 Å². The molecular weight excluding hydrogens is 347 g/mol. The van der Waals surface area contributed by atoms with Gasteiger partial charge in [-0.3, -0.25) is 4.31 Å². The van der Waals surface area contributed by atoms with Crippen molar-refractivity contribution < 1.29 is 12.8 Å². The van der Waals surface area contributed by atoms with Gasteiger partial charge in [-0.25, -0.2) is 9.37 Å². The van der Waals surface area contributed by atoms with Gasteiger partial charge >= 0.3 is 0 Å². The van der Waals surface area contributed by atoms with Crippen molar-refractivity contribution in [2.75, 3.05) is 10.8 Å². The molecule has 0 fully saturated rings. The van der Waals surface area contributed by atoms with Crippen LogP contribution >= 0.6 is 15.9 Å². The number of fused-ring (bicyclic) bond motifs is 1. The Bertz CT molecular complexity index is 780. The van der Waals surface area contributed by atoms with Gasteiger partial charge in [-0.1, -0.05) is 12.1 Å². The molecule has 0 radical (unpaired) electrons. The van der Waals surface area contributed by atoms with Crippen LogP contribution in [-0.4, -0.2) is 19.9 Å². The highest BCUT2D eigenvalue weighted by Gasteiger charge is 2.32. The van der Waals surface area contributed by atoms with E-state index in [4.69, 9.17) is 0 Å². The van der Waals surface area contributed by atoms with E-state index in [1.807, 2.05) is 0 Å². The Morgan fingerprint density at radius 2 is 2.05 bits per heavy atom. The molecule has 1 aromatic carbocycles. The van der Waals surface area contributed by atoms with Gasteiger partial charge in [0.15, 0.2) is 5.03 Å². The molecule has 7 heteroatoms. The quantitative estimate of drug-likeness (QED) is 0.777. The number of pyridine rings is 1. The maximum atomic E-state index is 13.3. The van der Waals surface area contributed by atoms with E-state index < -0.39 is 15.8 Å². The third-order valence-electron chi connectivity index (χ3n) is 3.14. The molecule has 0 unspecified atom stereocenters. The first-order valence-electron chi connectivity index (χ1n) is 5.92. The van der Waals surface area contributed by atoms with E-state index in [2.05, 4.69) is 20.9 Å². The molecule has 4 nitrogen and oxygen atoms in total. The van der Waals surface area contributed by atoms with Crippen LogP contribution in [-0.2, 0) is 16.4 Å². The number of nitrogens with zero attached hydrogens (tertiary/aromatic N) is 2. The monoisotopic (exact) mass is 356 g/mol. The average molecular weight is 357 g/mol. The normalized spacial score (nSPS) is 14.4. The summed E-state index contributed by atoms with van der Waals surface area (Å²) in [6, 6.07) is 8.89. The summed E-state index contributed by atoms with van der Waals surface area (Å²) < 4.78 is 40.2. The van der Waals surface area contributed by atoms with Crippen molar-refractivity contribution in [2.45, 2.75) is 11.4 Å². The highest BCUT2D eigenvalue weighted by molar-refractivity contribution is 9.10. The van der Waals surface area contributed by atoms with E-state index in [9.17, 15) is 12.8 Å². The van der Waals surface area contributed by atoms with Crippen molar-refractivity contribution in [3.05, 3.63) is 52.4 Å².